The van der Waals surface area contributed by atoms with Crippen molar-refractivity contribution in [3.8, 4) is 11.5 Å². The van der Waals surface area contributed by atoms with Crippen LogP contribution in [0, 0.1) is 6.92 Å². The van der Waals surface area contributed by atoms with Gasteiger partial charge >= 0.3 is 11.9 Å². The molecule has 2 rings (SSSR count). The van der Waals surface area contributed by atoms with Crippen molar-refractivity contribution in [2.45, 2.75) is 20.3 Å². The number of rotatable bonds is 6. The molecule has 0 aliphatic carbocycles. The highest BCUT2D eigenvalue weighted by Crippen LogP contribution is 2.21. The minimum atomic E-state index is -0.572. The van der Waals surface area contributed by atoms with Crippen LogP contribution in [-0.4, -0.2) is 30.1 Å². The summed E-state index contributed by atoms with van der Waals surface area (Å²) in [6, 6.07) is 9.39. The normalized spacial score (nSPS) is 10.3. The van der Waals surface area contributed by atoms with Gasteiger partial charge < -0.3 is 13.9 Å². The standard InChI is InChI=1S/C16H17NO5/c1-3-20-15(19)10-21-14(18)9-13-11(2)22-16(17-13)12-7-5-4-6-8-12/h4-8H,3,9-10H2,1-2H3. The van der Waals surface area contributed by atoms with E-state index in [1.54, 1.807) is 13.8 Å². The summed E-state index contributed by atoms with van der Waals surface area (Å²) < 4.78 is 15.1. The van der Waals surface area contributed by atoms with Crippen LogP contribution in [0.2, 0.25) is 0 Å². The molecule has 0 atom stereocenters. The molecular weight excluding hydrogens is 286 g/mol. The van der Waals surface area contributed by atoms with Crippen molar-refractivity contribution >= 4 is 11.9 Å². The molecule has 0 N–H and O–H groups in total. The molecule has 0 saturated carbocycles. The van der Waals surface area contributed by atoms with Crippen molar-refractivity contribution in [1.29, 1.82) is 0 Å². The van der Waals surface area contributed by atoms with Crippen LogP contribution < -0.4 is 0 Å². The van der Waals surface area contributed by atoms with Crippen LogP contribution in [-0.2, 0) is 25.5 Å². The molecule has 0 unspecified atom stereocenters. The lowest BCUT2D eigenvalue weighted by atomic mass is 10.2. The molecule has 0 aliphatic rings. The third kappa shape index (κ3) is 4.18. The summed E-state index contributed by atoms with van der Waals surface area (Å²) in [5, 5.41) is 0. The van der Waals surface area contributed by atoms with Crippen molar-refractivity contribution in [1.82, 2.24) is 4.98 Å². The molecule has 0 fully saturated rings. The van der Waals surface area contributed by atoms with Crippen LogP contribution in [0.5, 0.6) is 0 Å². The molecule has 2 aromatic rings. The lowest BCUT2D eigenvalue weighted by molar-refractivity contribution is -0.158. The zero-order valence-electron chi connectivity index (χ0n) is 12.5. The predicted molar refractivity (Wildman–Crippen MR) is 78.0 cm³/mol. The summed E-state index contributed by atoms with van der Waals surface area (Å²) in [6.07, 6.45) is -0.0540. The van der Waals surface area contributed by atoms with Gasteiger partial charge in [-0.25, -0.2) is 9.78 Å². The van der Waals surface area contributed by atoms with Crippen molar-refractivity contribution in [3.05, 3.63) is 41.8 Å². The van der Waals surface area contributed by atoms with Gasteiger partial charge in [-0.05, 0) is 26.0 Å². The van der Waals surface area contributed by atoms with E-state index in [1.165, 1.54) is 0 Å². The quantitative estimate of drug-likeness (QED) is 0.762. The van der Waals surface area contributed by atoms with Gasteiger partial charge in [-0.1, -0.05) is 18.2 Å². The van der Waals surface area contributed by atoms with Gasteiger partial charge in [0.1, 0.15) is 5.76 Å². The Kier molecular flexibility index (Phi) is 5.30. The molecule has 1 aromatic carbocycles. The molecule has 0 aliphatic heterocycles. The van der Waals surface area contributed by atoms with E-state index in [0.29, 0.717) is 17.3 Å². The summed E-state index contributed by atoms with van der Waals surface area (Å²) >= 11 is 0. The number of ether oxygens (including phenoxy) is 2. The Morgan fingerprint density at radius 1 is 1.14 bits per heavy atom. The SMILES string of the molecule is CCOC(=O)COC(=O)Cc1nc(-c2ccccc2)oc1C. The number of hydrogen-bond donors (Lipinski definition) is 0. The Morgan fingerprint density at radius 2 is 1.86 bits per heavy atom. The second-order valence-corrected chi connectivity index (χ2v) is 4.53. The molecule has 0 bridgehead atoms. The largest absolute Gasteiger partial charge is 0.463 e. The first-order chi connectivity index (χ1) is 10.6. The van der Waals surface area contributed by atoms with Crippen molar-refractivity contribution in [3.63, 3.8) is 0 Å². The van der Waals surface area contributed by atoms with E-state index in [2.05, 4.69) is 9.72 Å². The van der Waals surface area contributed by atoms with Crippen molar-refractivity contribution < 1.29 is 23.5 Å². The highest BCUT2D eigenvalue weighted by atomic mass is 16.6. The number of aryl methyl sites for hydroxylation is 1. The van der Waals surface area contributed by atoms with Crippen molar-refractivity contribution in [2.24, 2.45) is 0 Å². The average molecular weight is 303 g/mol. The van der Waals surface area contributed by atoms with Crippen LogP contribution in [0.15, 0.2) is 34.7 Å². The number of benzene rings is 1. The number of carbonyl (C=O) groups is 2. The van der Waals surface area contributed by atoms with E-state index in [-0.39, 0.29) is 13.0 Å². The fourth-order valence-corrected chi connectivity index (χ4v) is 1.83. The molecular formula is C16H17NO5. The molecule has 0 spiro atoms. The minimum Gasteiger partial charge on any atom is -0.463 e. The molecule has 116 valence electrons. The van der Waals surface area contributed by atoms with Gasteiger partial charge in [-0.2, -0.15) is 0 Å². The van der Waals surface area contributed by atoms with E-state index in [9.17, 15) is 9.59 Å². The predicted octanol–water partition coefficient (Wildman–Crippen LogP) is 2.30. The summed E-state index contributed by atoms with van der Waals surface area (Å²) in [4.78, 5) is 27.1. The maximum absolute atomic E-state index is 11.7. The number of nitrogens with zero attached hydrogens (tertiary/aromatic N) is 1. The third-order valence-electron chi connectivity index (χ3n) is 2.88. The molecule has 1 aromatic heterocycles. The fraction of sp³-hybridized carbons (Fsp3) is 0.312. The van der Waals surface area contributed by atoms with Gasteiger partial charge in [-0.15, -0.1) is 0 Å². The second-order valence-electron chi connectivity index (χ2n) is 4.53. The van der Waals surface area contributed by atoms with Gasteiger partial charge in [0.25, 0.3) is 0 Å². The van der Waals surface area contributed by atoms with E-state index in [1.807, 2.05) is 30.3 Å². The highest BCUT2D eigenvalue weighted by molar-refractivity contribution is 5.77. The number of oxazole rings is 1. The van der Waals surface area contributed by atoms with Gasteiger partial charge in [0.15, 0.2) is 6.61 Å². The Balaban J connectivity index is 1.97. The summed E-state index contributed by atoms with van der Waals surface area (Å²) in [6.45, 7) is 3.27. The smallest absolute Gasteiger partial charge is 0.344 e. The fourth-order valence-electron chi connectivity index (χ4n) is 1.83. The zero-order valence-corrected chi connectivity index (χ0v) is 12.5. The zero-order chi connectivity index (χ0) is 15.9. The number of carbonyl (C=O) groups excluding carboxylic acids is 2. The molecule has 1 heterocycles. The van der Waals surface area contributed by atoms with Crippen LogP contribution in [0.3, 0.4) is 0 Å². The molecule has 0 amide bonds. The van der Waals surface area contributed by atoms with E-state index in [0.717, 1.165) is 5.56 Å². The molecule has 6 nitrogen and oxygen atoms in total. The first-order valence-electron chi connectivity index (χ1n) is 6.93. The van der Waals surface area contributed by atoms with Crippen LogP contribution in [0.1, 0.15) is 18.4 Å². The van der Waals surface area contributed by atoms with Crippen LogP contribution in [0.4, 0.5) is 0 Å². The van der Waals surface area contributed by atoms with Crippen LogP contribution in [0.25, 0.3) is 11.5 Å². The Morgan fingerprint density at radius 3 is 2.55 bits per heavy atom. The number of aromatic nitrogens is 1. The minimum absolute atomic E-state index is 0.0540. The molecule has 0 radical (unpaired) electrons. The lowest BCUT2D eigenvalue weighted by Gasteiger charge is -2.03. The van der Waals surface area contributed by atoms with Gasteiger partial charge in [-0.3, -0.25) is 4.79 Å². The van der Waals surface area contributed by atoms with Gasteiger partial charge in [0.2, 0.25) is 5.89 Å². The summed E-state index contributed by atoms with van der Waals surface area (Å²) in [5.41, 5.74) is 1.32. The molecule has 0 saturated heterocycles. The summed E-state index contributed by atoms with van der Waals surface area (Å²) in [7, 11) is 0. The number of hydrogen-bond acceptors (Lipinski definition) is 6. The molecule has 6 heteroatoms. The highest BCUT2D eigenvalue weighted by Gasteiger charge is 2.16. The monoisotopic (exact) mass is 303 g/mol. The number of esters is 2. The van der Waals surface area contributed by atoms with Crippen molar-refractivity contribution in [2.75, 3.05) is 13.2 Å². The summed E-state index contributed by atoms with van der Waals surface area (Å²) in [5.74, 6) is -0.125. The average Bonchev–Trinajstić information content (AvgIpc) is 2.87. The lowest BCUT2D eigenvalue weighted by Crippen LogP contribution is -2.17. The van der Waals surface area contributed by atoms with Crippen LogP contribution >= 0.6 is 0 Å². The second kappa shape index (κ2) is 7.40. The first kappa shape index (κ1) is 15.8. The topological polar surface area (TPSA) is 78.6 Å². The maximum atomic E-state index is 11.7. The Labute approximate surface area is 128 Å². The Hall–Kier alpha value is -2.63. The van der Waals surface area contributed by atoms with Gasteiger partial charge in [0, 0.05) is 5.56 Å². The molecule has 22 heavy (non-hydrogen) atoms. The van der Waals surface area contributed by atoms with E-state index < -0.39 is 18.5 Å². The van der Waals surface area contributed by atoms with E-state index in [4.69, 9.17) is 9.15 Å². The third-order valence-corrected chi connectivity index (χ3v) is 2.88. The maximum Gasteiger partial charge on any atom is 0.344 e. The first-order valence-corrected chi connectivity index (χ1v) is 6.93. The van der Waals surface area contributed by atoms with E-state index >= 15 is 0 Å². The van der Waals surface area contributed by atoms with Gasteiger partial charge in [0.05, 0.1) is 18.7 Å². The Bertz CT molecular complexity index is 648.